The van der Waals surface area contributed by atoms with E-state index in [1.165, 1.54) is 24.3 Å². The second-order valence-electron chi connectivity index (χ2n) is 9.06. The van der Waals surface area contributed by atoms with Gasteiger partial charge in [-0.05, 0) is 50.1 Å². The van der Waals surface area contributed by atoms with Gasteiger partial charge in [-0.2, -0.15) is 0 Å². The number of halogens is 1. The number of nitro groups is 1. The Balaban J connectivity index is 1.55. The summed E-state index contributed by atoms with van der Waals surface area (Å²) in [6.45, 7) is 2.43. The van der Waals surface area contributed by atoms with Crippen LogP contribution in [0.1, 0.15) is 24.0 Å². The number of hydrogen-bond donors (Lipinski definition) is 1. The second kappa shape index (κ2) is 6.61. The monoisotopic (exact) mass is 466 g/mol. The van der Waals surface area contributed by atoms with Gasteiger partial charge in [-0.25, -0.2) is 4.90 Å². The van der Waals surface area contributed by atoms with Crippen molar-refractivity contribution >= 4 is 46.4 Å². The van der Waals surface area contributed by atoms with Crippen LogP contribution >= 0.6 is 11.6 Å². The van der Waals surface area contributed by atoms with Crippen LogP contribution in [-0.4, -0.2) is 40.1 Å². The zero-order valence-electron chi connectivity index (χ0n) is 17.6. The largest absolute Gasteiger partial charge is 0.324 e. The van der Waals surface area contributed by atoms with E-state index in [4.69, 9.17) is 11.6 Å². The first-order valence-electron chi connectivity index (χ1n) is 10.8. The molecule has 0 unspecified atom stereocenters. The van der Waals surface area contributed by atoms with Crippen LogP contribution in [0.25, 0.3) is 0 Å². The van der Waals surface area contributed by atoms with Gasteiger partial charge in [-0.1, -0.05) is 17.7 Å². The van der Waals surface area contributed by atoms with Crippen LogP contribution in [0.5, 0.6) is 0 Å². The lowest BCUT2D eigenvalue weighted by Gasteiger charge is -2.36. The summed E-state index contributed by atoms with van der Waals surface area (Å²) >= 11 is 6.38. The van der Waals surface area contributed by atoms with Gasteiger partial charge in [0, 0.05) is 34.4 Å². The van der Waals surface area contributed by atoms with Crippen LogP contribution < -0.4 is 10.2 Å². The molecule has 0 radical (unpaired) electrons. The van der Waals surface area contributed by atoms with Gasteiger partial charge in [-0.3, -0.25) is 29.4 Å². The maximum Gasteiger partial charge on any atom is 0.271 e. The summed E-state index contributed by atoms with van der Waals surface area (Å²) in [5.74, 6) is -2.91. The number of anilines is 2. The van der Waals surface area contributed by atoms with Gasteiger partial charge in [0.25, 0.3) is 5.69 Å². The normalized spacial score (nSPS) is 30.1. The molecule has 0 aromatic heterocycles. The summed E-state index contributed by atoms with van der Waals surface area (Å²) < 4.78 is 0. The Bertz CT molecular complexity index is 1300. The Kier molecular flexibility index (Phi) is 4.07. The average Bonchev–Trinajstić information content (AvgIpc) is 3.47. The van der Waals surface area contributed by atoms with Gasteiger partial charge in [0.05, 0.1) is 22.4 Å². The first kappa shape index (κ1) is 20.3. The van der Waals surface area contributed by atoms with Gasteiger partial charge in [0.2, 0.25) is 17.7 Å². The molecule has 4 aliphatic heterocycles. The number of amides is 3. The minimum atomic E-state index is -1.33. The fourth-order valence-electron chi connectivity index (χ4n) is 6.44. The van der Waals surface area contributed by atoms with E-state index in [2.05, 4.69) is 5.32 Å². The van der Waals surface area contributed by atoms with Crippen LogP contribution in [0.15, 0.2) is 36.4 Å². The third-order valence-electron chi connectivity index (χ3n) is 7.56. The molecule has 0 bridgehead atoms. The number of carbonyl (C=O) groups is 3. The Hall–Kier alpha value is -3.30. The molecule has 6 rings (SSSR count). The molecule has 4 atom stereocenters. The number of fused-ring (bicyclic) bond motifs is 7. The molecule has 0 saturated carbocycles. The first-order valence-corrected chi connectivity index (χ1v) is 11.2. The maximum atomic E-state index is 13.9. The van der Waals surface area contributed by atoms with Crippen molar-refractivity contribution in [3.63, 3.8) is 0 Å². The van der Waals surface area contributed by atoms with Crippen molar-refractivity contribution in [2.45, 2.75) is 31.3 Å². The topological polar surface area (TPSA) is 113 Å². The fourth-order valence-corrected chi connectivity index (χ4v) is 6.71. The zero-order chi connectivity index (χ0) is 23.2. The Morgan fingerprint density at radius 1 is 1.18 bits per heavy atom. The van der Waals surface area contributed by atoms with Crippen LogP contribution in [0, 0.1) is 28.9 Å². The standard InChI is InChI=1S/C23H19ClN4O5/c1-11-8-12(24)9-15-19(11)25-22(31)23(15)18-17(16-6-3-7-26(16)23)20(29)27(21(18)30)13-4-2-5-14(10-13)28(32)33/h2,4-5,8-10,16-18H,3,6-7H2,1H3,(H,25,31)/t16-,17-,18+,23+/m1/s1. The molecule has 10 heteroatoms. The predicted molar refractivity (Wildman–Crippen MR) is 119 cm³/mol. The molecule has 168 valence electrons. The van der Waals surface area contributed by atoms with E-state index in [1.807, 2.05) is 11.8 Å². The highest BCUT2D eigenvalue weighted by Crippen LogP contribution is 2.61. The summed E-state index contributed by atoms with van der Waals surface area (Å²) in [6.07, 6.45) is 1.49. The number of carbonyl (C=O) groups excluding carboxylic acids is 3. The van der Waals surface area contributed by atoms with Crippen LogP contribution in [0.2, 0.25) is 5.02 Å². The van der Waals surface area contributed by atoms with Gasteiger partial charge in [0.15, 0.2) is 0 Å². The summed E-state index contributed by atoms with van der Waals surface area (Å²) in [5, 5.41) is 14.7. The molecule has 3 amide bonds. The van der Waals surface area contributed by atoms with Gasteiger partial charge >= 0.3 is 0 Å². The molecule has 3 fully saturated rings. The number of benzene rings is 2. The van der Waals surface area contributed by atoms with Gasteiger partial charge in [-0.15, -0.1) is 0 Å². The lowest BCUT2D eigenvalue weighted by atomic mass is 9.75. The van der Waals surface area contributed by atoms with Crippen molar-refractivity contribution in [3.05, 3.63) is 62.7 Å². The molecule has 4 aliphatic rings. The predicted octanol–water partition coefficient (Wildman–Crippen LogP) is 2.99. The molecule has 1 spiro atoms. The van der Waals surface area contributed by atoms with E-state index < -0.39 is 34.1 Å². The van der Waals surface area contributed by atoms with E-state index in [0.29, 0.717) is 29.2 Å². The number of non-ortho nitro benzene ring substituents is 1. The second-order valence-corrected chi connectivity index (χ2v) is 9.50. The van der Waals surface area contributed by atoms with E-state index in [0.717, 1.165) is 16.9 Å². The van der Waals surface area contributed by atoms with Crippen molar-refractivity contribution in [2.24, 2.45) is 11.8 Å². The van der Waals surface area contributed by atoms with E-state index in [9.17, 15) is 24.5 Å². The van der Waals surface area contributed by atoms with Crippen molar-refractivity contribution in [1.82, 2.24) is 4.90 Å². The molecular formula is C23H19ClN4O5. The number of aryl methyl sites for hydroxylation is 1. The third kappa shape index (κ3) is 2.38. The molecule has 2 aromatic carbocycles. The molecule has 1 N–H and O–H groups in total. The number of hydrogen-bond acceptors (Lipinski definition) is 6. The SMILES string of the molecule is Cc1cc(Cl)cc2c1NC(=O)[C@@]21[C@@H]2C(=O)N(c3cccc([N+](=O)[O-])c3)C(=O)[C@@H]2[C@H]2CCCN21. The minimum Gasteiger partial charge on any atom is -0.324 e. The maximum absolute atomic E-state index is 13.9. The summed E-state index contributed by atoms with van der Waals surface area (Å²) in [5.41, 5.74) is 0.639. The van der Waals surface area contributed by atoms with E-state index in [-0.39, 0.29) is 23.3 Å². The fraction of sp³-hybridized carbons (Fsp3) is 0.348. The van der Waals surface area contributed by atoms with Gasteiger partial charge in [0.1, 0.15) is 5.54 Å². The molecule has 0 aliphatic carbocycles. The lowest BCUT2D eigenvalue weighted by Crippen LogP contribution is -2.54. The van der Waals surface area contributed by atoms with E-state index in [1.54, 1.807) is 12.1 Å². The number of nitrogens with one attached hydrogen (secondary N) is 1. The van der Waals surface area contributed by atoms with Crippen molar-refractivity contribution < 1.29 is 19.3 Å². The number of imide groups is 1. The molecule has 4 heterocycles. The first-order chi connectivity index (χ1) is 15.8. The Labute approximate surface area is 193 Å². The lowest BCUT2D eigenvalue weighted by molar-refractivity contribution is -0.384. The van der Waals surface area contributed by atoms with Crippen LogP contribution in [-0.2, 0) is 19.9 Å². The zero-order valence-corrected chi connectivity index (χ0v) is 18.3. The molecule has 33 heavy (non-hydrogen) atoms. The highest BCUT2D eigenvalue weighted by Gasteiger charge is 2.74. The molecule has 2 aromatic rings. The van der Waals surface area contributed by atoms with Crippen molar-refractivity contribution in [2.75, 3.05) is 16.8 Å². The smallest absolute Gasteiger partial charge is 0.271 e. The highest BCUT2D eigenvalue weighted by molar-refractivity contribution is 6.31. The van der Waals surface area contributed by atoms with Crippen molar-refractivity contribution in [3.8, 4) is 0 Å². The number of rotatable bonds is 2. The van der Waals surface area contributed by atoms with E-state index >= 15 is 0 Å². The molecule has 9 nitrogen and oxygen atoms in total. The summed E-state index contributed by atoms with van der Waals surface area (Å²) in [4.78, 5) is 55.0. The van der Waals surface area contributed by atoms with Crippen LogP contribution in [0.4, 0.5) is 17.1 Å². The number of nitrogens with zero attached hydrogens (tertiary/aromatic N) is 3. The highest BCUT2D eigenvalue weighted by atomic mass is 35.5. The quantitative estimate of drug-likeness (QED) is 0.413. The summed E-state index contributed by atoms with van der Waals surface area (Å²) in [7, 11) is 0. The third-order valence-corrected chi connectivity index (χ3v) is 7.78. The van der Waals surface area contributed by atoms with Gasteiger partial charge < -0.3 is 5.32 Å². The Morgan fingerprint density at radius 2 is 1.97 bits per heavy atom. The molecule has 3 saturated heterocycles. The average molecular weight is 467 g/mol. The molecular weight excluding hydrogens is 448 g/mol. The van der Waals surface area contributed by atoms with Crippen LogP contribution in [0.3, 0.4) is 0 Å². The minimum absolute atomic E-state index is 0.147. The summed E-state index contributed by atoms with van der Waals surface area (Å²) in [6, 6.07) is 8.68. The Morgan fingerprint density at radius 3 is 2.73 bits per heavy atom. The van der Waals surface area contributed by atoms with Crippen molar-refractivity contribution in [1.29, 1.82) is 0 Å². The number of nitro benzene ring substituents is 1.